The Morgan fingerprint density at radius 2 is 2.25 bits per heavy atom. The summed E-state index contributed by atoms with van der Waals surface area (Å²) in [6.45, 7) is 3.90. The molecule has 2 aromatic rings. The number of rotatable bonds is 3. The number of nitrogens with zero attached hydrogens (tertiary/aromatic N) is 2. The molecule has 84 valence electrons. The Labute approximate surface area is 93.5 Å². The molecule has 0 fully saturated rings. The van der Waals surface area contributed by atoms with Gasteiger partial charge in [0.1, 0.15) is 5.65 Å². The highest BCUT2D eigenvalue weighted by molar-refractivity contribution is 5.88. The Bertz CT molecular complexity index is 543. The molecule has 0 atom stereocenters. The first-order chi connectivity index (χ1) is 7.65. The van der Waals surface area contributed by atoms with Crippen LogP contribution in [0.5, 0.6) is 0 Å². The number of imidazole rings is 1. The molecular weight excluding hydrogens is 204 g/mol. The van der Waals surface area contributed by atoms with Gasteiger partial charge in [-0.05, 0) is 25.5 Å². The van der Waals surface area contributed by atoms with Crippen LogP contribution < -0.4 is 0 Å². The van der Waals surface area contributed by atoms with E-state index < -0.39 is 5.97 Å². The van der Waals surface area contributed by atoms with E-state index in [1.54, 1.807) is 4.40 Å². The number of fused-ring (bicyclic) bond motifs is 1. The van der Waals surface area contributed by atoms with E-state index in [4.69, 9.17) is 0 Å². The Morgan fingerprint density at radius 1 is 1.50 bits per heavy atom. The van der Waals surface area contributed by atoms with Gasteiger partial charge in [0.2, 0.25) is 0 Å². The predicted octanol–water partition coefficient (Wildman–Crippen LogP) is 2.29. The van der Waals surface area contributed by atoms with Crippen LogP contribution in [-0.2, 0) is 6.42 Å². The van der Waals surface area contributed by atoms with Crippen molar-refractivity contribution < 1.29 is 9.90 Å². The summed E-state index contributed by atoms with van der Waals surface area (Å²) in [5.41, 5.74) is 2.57. The van der Waals surface area contributed by atoms with E-state index in [9.17, 15) is 9.90 Å². The molecule has 0 aromatic carbocycles. The Balaban J connectivity index is 2.77. The van der Waals surface area contributed by atoms with Gasteiger partial charge >= 0.3 is 5.97 Å². The van der Waals surface area contributed by atoms with Crippen molar-refractivity contribution in [2.75, 3.05) is 0 Å². The number of hydrogen-bond donors (Lipinski definition) is 1. The Hall–Kier alpha value is -1.84. The van der Waals surface area contributed by atoms with E-state index in [1.807, 2.05) is 32.0 Å². The van der Waals surface area contributed by atoms with E-state index in [0.29, 0.717) is 23.5 Å². The molecule has 0 aliphatic carbocycles. The molecule has 4 nitrogen and oxygen atoms in total. The average molecular weight is 218 g/mol. The summed E-state index contributed by atoms with van der Waals surface area (Å²) in [4.78, 5) is 15.6. The lowest BCUT2D eigenvalue weighted by Gasteiger charge is -2.02. The molecule has 0 unspecified atom stereocenters. The fraction of sp³-hybridized carbons (Fsp3) is 0.333. The molecule has 0 aliphatic heterocycles. The highest BCUT2D eigenvalue weighted by Crippen LogP contribution is 2.16. The van der Waals surface area contributed by atoms with Gasteiger partial charge in [0.05, 0.1) is 5.69 Å². The van der Waals surface area contributed by atoms with Gasteiger partial charge < -0.3 is 5.11 Å². The second-order valence-electron chi connectivity index (χ2n) is 3.82. The third-order valence-electron chi connectivity index (χ3n) is 2.60. The second-order valence-corrected chi connectivity index (χ2v) is 3.82. The zero-order valence-electron chi connectivity index (χ0n) is 9.40. The molecule has 16 heavy (non-hydrogen) atoms. The molecule has 0 aliphatic rings. The highest BCUT2D eigenvalue weighted by atomic mass is 16.4. The first-order valence-corrected chi connectivity index (χ1v) is 5.35. The van der Waals surface area contributed by atoms with Crippen LogP contribution in [0.2, 0.25) is 0 Å². The van der Waals surface area contributed by atoms with Crippen LogP contribution in [0, 0.1) is 6.92 Å². The maximum atomic E-state index is 11.3. The monoisotopic (exact) mass is 218 g/mol. The van der Waals surface area contributed by atoms with E-state index >= 15 is 0 Å². The summed E-state index contributed by atoms with van der Waals surface area (Å²) in [7, 11) is 0. The molecule has 1 N–H and O–H groups in total. The van der Waals surface area contributed by atoms with Gasteiger partial charge in [-0.25, -0.2) is 9.78 Å². The van der Waals surface area contributed by atoms with Crippen molar-refractivity contribution in [2.24, 2.45) is 0 Å². The molecule has 0 bridgehead atoms. The van der Waals surface area contributed by atoms with Crippen LogP contribution in [-0.4, -0.2) is 20.5 Å². The number of pyridine rings is 1. The second kappa shape index (κ2) is 3.96. The molecule has 2 heterocycles. The van der Waals surface area contributed by atoms with Crippen molar-refractivity contribution in [1.29, 1.82) is 0 Å². The quantitative estimate of drug-likeness (QED) is 0.859. The fourth-order valence-corrected chi connectivity index (χ4v) is 1.93. The number of aryl methyl sites for hydroxylation is 2. The third-order valence-corrected chi connectivity index (χ3v) is 2.60. The van der Waals surface area contributed by atoms with E-state index in [-0.39, 0.29) is 0 Å². The van der Waals surface area contributed by atoms with E-state index in [0.717, 1.165) is 12.1 Å². The minimum Gasteiger partial charge on any atom is -0.477 e. The molecule has 2 aromatic heterocycles. The Morgan fingerprint density at radius 3 is 2.88 bits per heavy atom. The highest BCUT2D eigenvalue weighted by Gasteiger charge is 2.18. The molecule has 0 spiro atoms. The van der Waals surface area contributed by atoms with Gasteiger partial charge in [-0.3, -0.25) is 4.40 Å². The summed E-state index contributed by atoms with van der Waals surface area (Å²) in [6.07, 6.45) is 1.59. The van der Waals surface area contributed by atoms with E-state index in [2.05, 4.69) is 4.98 Å². The lowest BCUT2D eigenvalue weighted by Crippen LogP contribution is -2.07. The van der Waals surface area contributed by atoms with Gasteiger partial charge in [0.15, 0.2) is 5.69 Å². The van der Waals surface area contributed by atoms with E-state index in [1.165, 1.54) is 0 Å². The van der Waals surface area contributed by atoms with Gasteiger partial charge in [0, 0.05) is 5.69 Å². The summed E-state index contributed by atoms with van der Waals surface area (Å²) in [5.74, 6) is -0.912. The van der Waals surface area contributed by atoms with Crippen LogP contribution in [0.25, 0.3) is 5.65 Å². The molecule has 0 saturated carbocycles. The van der Waals surface area contributed by atoms with Crippen LogP contribution in [0.4, 0.5) is 0 Å². The van der Waals surface area contributed by atoms with Crippen molar-refractivity contribution in [1.82, 2.24) is 9.38 Å². The summed E-state index contributed by atoms with van der Waals surface area (Å²) in [5, 5.41) is 9.24. The summed E-state index contributed by atoms with van der Waals surface area (Å²) >= 11 is 0. The van der Waals surface area contributed by atoms with Gasteiger partial charge in [0.25, 0.3) is 0 Å². The number of carboxylic acids is 1. The number of carbonyl (C=O) groups is 1. The van der Waals surface area contributed by atoms with Crippen molar-refractivity contribution in [3.05, 3.63) is 35.3 Å². The molecule has 4 heteroatoms. The van der Waals surface area contributed by atoms with Gasteiger partial charge in [-0.15, -0.1) is 0 Å². The zero-order chi connectivity index (χ0) is 11.7. The van der Waals surface area contributed by atoms with Crippen molar-refractivity contribution in [3.8, 4) is 0 Å². The molecule has 0 radical (unpaired) electrons. The van der Waals surface area contributed by atoms with Gasteiger partial charge in [-0.2, -0.15) is 0 Å². The number of aromatic carboxylic acids is 1. The summed E-state index contributed by atoms with van der Waals surface area (Å²) in [6, 6.07) is 5.61. The SMILES string of the molecule is CCCc1nc2cccc(C)n2c1C(=O)O. The lowest BCUT2D eigenvalue weighted by molar-refractivity contribution is 0.0687. The van der Waals surface area contributed by atoms with Crippen molar-refractivity contribution in [2.45, 2.75) is 26.7 Å². The summed E-state index contributed by atoms with van der Waals surface area (Å²) < 4.78 is 1.70. The van der Waals surface area contributed by atoms with Crippen LogP contribution >= 0.6 is 0 Å². The Kier molecular flexibility index (Phi) is 2.64. The average Bonchev–Trinajstić information content (AvgIpc) is 2.58. The molecule has 2 rings (SSSR count). The number of hydrogen-bond acceptors (Lipinski definition) is 2. The van der Waals surface area contributed by atoms with Crippen molar-refractivity contribution in [3.63, 3.8) is 0 Å². The fourth-order valence-electron chi connectivity index (χ4n) is 1.93. The largest absolute Gasteiger partial charge is 0.477 e. The maximum absolute atomic E-state index is 11.3. The molecular formula is C12H14N2O2. The number of carboxylic acid groups (broad SMARTS) is 1. The van der Waals surface area contributed by atoms with Crippen molar-refractivity contribution >= 4 is 11.6 Å². The van der Waals surface area contributed by atoms with Crippen LogP contribution in [0.3, 0.4) is 0 Å². The zero-order valence-corrected chi connectivity index (χ0v) is 9.40. The molecule has 0 saturated heterocycles. The molecule has 0 amide bonds. The maximum Gasteiger partial charge on any atom is 0.354 e. The van der Waals surface area contributed by atoms with Gasteiger partial charge in [-0.1, -0.05) is 19.4 Å². The topological polar surface area (TPSA) is 54.6 Å². The third kappa shape index (κ3) is 1.56. The lowest BCUT2D eigenvalue weighted by atomic mass is 10.2. The normalized spacial score (nSPS) is 10.9. The minimum atomic E-state index is -0.912. The smallest absolute Gasteiger partial charge is 0.354 e. The van der Waals surface area contributed by atoms with Crippen LogP contribution in [0.1, 0.15) is 35.2 Å². The number of aromatic nitrogens is 2. The minimum absolute atomic E-state index is 0.301. The predicted molar refractivity (Wildman–Crippen MR) is 60.9 cm³/mol. The first-order valence-electron chi connectivity index (χ1n) is 5.35. The standard InChI is InChI=1S/C12H14N2O2/c1-3-5-9-11(12(15)16)14-8(2)6-4-7-10(14)13-9/h4,6-7H,3,5H2,1-2H3,(H,15,16). The van der Waals surface area contributed by atoms with Crippen LogP contribution in [0.15, 0.2) is 18.2 Å². The first kappa shape index (κ1) is 10.7.